The van der Waals surface area contributed by atoms with Crippen LogP contribution >= 0.6 is 0 Å². The van der Waals surface area contributed by atoms with Crippen molar-refractivity contribution in [2.24, 2.45) is 0 Å². The first-order chi connectivity index (χ1) is 14.1. The number of anilines is 1. The predicted molar refractivity (Wildman–Crippen MR) is 109 cm³/mol. The Morgan fingerprint density at radius 1 is 1.21 bits per heavy atom. The maximum atomic E-state index is 12.0. The molecule has 1 aliphatic heterocycles. The average molecular weight is 395 g/mol. The van der Waals surface area contributed by atoms with Gasteiger partial charge >= 0.3 is 6.09 Å². The van der Waals surface area contributed by atoms with Gasteiger partial charge in [0, 0.05) is 50.2 Å². The molecule has 1 fully saturated rings. The zero-order valence-corrected chi connectivity index (χ0v) is 16.9. The third-order valence-electron chi connectivity index (χ3n) is 4.95. The Balaban J connectivity index is 1.68. The van der Waals surface area contributed by atoms with Crippen molar-refractivity contribution >= 4 is 17.7 Å². The second-order valence-corrected chi connectivity index (χ2v) is 7.26. The molecule has 152 valence electrons. The van der Waals surface area contributed by atoms with Gasteiger partial charge in [-0.05, 0) is 25.0 Å². The molecule has 3 aromatic heterocycles. The van der Waals surface area contributed by atoms with Crippen LogP contribution in [-0.4, -0.2) is 68.3 Å². The molecular formula is C20H25N7O2. The first-order valence-corrected chi connectivity index (χ1v) is 9.91. The minimum Gasteiger partial charge on any atom is -0.450 e. The first kappa shape index (κ1) is 19.1. The normalized spacial score (nSPS) is 14.6. The van der Waals surface area contributed by atoms with E-state index in [9.17, 15) is 4.79 Å². The number of carbonyl (C=O) groups excluding carboxylic acids is 1. The number of hydrogen-bond donors (Lipinski definition) is 0. The Labute approximate surface area is 169 Å². The van der Waals surface area contributed by atoms with E-state index >= 15 is 0 Å². The van der Waals surface area contributed by atoms with E-state index in [1.54, 1.807) is 21.8 Å². The third kappa shape index (κ3) is 3.85. The van der Waals surface area contributed by atoms with Crippen LogP contribution in [0.15, 0.2) is 30.6 Å². The number of piperazine rings is 1. The second kappa shape index (κ2) is 8.02. The van der Waals surface area contributed by atoms with Crippen LogP contribution in [0.4, 0.5) is 10.6 Å². The summed E-state index contributed by atoms with van der Waals surface area (Å²) in [6.45, 7) is 9.01. The lowest BCUT2D eigenvalue weighted by atomic mass is 10.1. The maximum Gasteiger partial charge on any atom is 0.409 e. The summed E-state index contributed by atoms with van der Waals surface area (Å²) in [4.78, 5) is 29.5. The molecule has 0 N–H and O–H groups in total. The largest absolute Gasteiger partial charge is 0.450 e. The monoisotopic (exact) mass is 395 g/mol. The van der Waals surface area contributed by atoms with Crippen molar-refractivity contribution in [3.05, 3.63) is 36.3 Å². The van der Waals surface area contributed by atoms with Gasteiger partial charge in [0.15, 0.2) is 5.82 Å². The van der Waals surface area contributed by atoms with E-state index in [0.29, 0.717) is 44.4 Å². The quantitative estimate of drug-likeness (QED) is 0.671. The molecule has 1 amide bonds. The van der Waals surface area contributed by atoms with E-state index in [1.807, 2.05) is 19.1 Å². The molecule has 4 rings (SSSR count). The van der Waals surface area contributed by atoms with Gasteiger partial charge in [-0.25, -0.2) is 9.78 Å². The summed E-state index contributed by atoms with van der Waals surface area (Å²) in [5, 5.41) is 4.70. The smallest absolute Gasteiger partial charge is 0.409 e. The summed E-state index contributed by atoms with van der Waals surface area (Å²) < 4.78 is 6.91. The van der Waals surface area contributed by atoms with E-state index in [2.05, 4.69) is 34.8 Å². The lowest BCUT2D eigenvalue weighted by Crippen LogP contribution is -2.49. The molecule has 0 saturated carbocycles. The number of pyridine rings is 1. The fourth-order valence-corrected chi connectivity index (χ4v) is 3.34. The molecule has 4 heterocycles. The molecule has 1 saturated heterocycles. The van der Waals surface area contributed by atoms with Gasteiger partial charge in [-0.2, -0.15) is 9.50 Å². The lowest BCUT2D eigenvalue weighted by Gasteiger charge is -2.35. The highest BCUT2D eigenvalue weighted by Crippen LogP contribution is 2.24. The maximum absolute atomic E-state index is 12.0. The van der Waals surface area contributed by atoms with Crippen LogP contribution in [0.2, 0.25) is 0 Å². The molecule has 0 aromatic carbocycles. The molecule has 0 bridgehead atoms. The van der Waals surface area contributed by atoms with Crippen molar-refractivity contribution in [2.45, 2.75) is 26.7 Å². The molecule has 0 spiro atoms. The molecule has 0 aliphatic carbocycles. The van der Waals surface area contributed by atoms with Gasteiger partial charge < -0.3 is 14.5 Å². The number of amides is 1. The van der Waals surface area contributed by atoms with Crippen molar-refractivity contribution in [1.82, 2.24) is 29.5 Å². The van der Waals surface area contributed by atoms with Crippen molar-refractivity contribution in [3.63, 3.8) is 0 Å². The average Bonchev–Trinajstić information content (AvgIpc) is 3.18. The Hall–Kier alpha value is -3.23. The SMILES string of the molecule is CCOC(=O)N1CCN(c2cc(C(C)C)nc3nc(-c4cccnc4)nn23)CC1. The van der Waals surface area contributed by atoms with Gasteiger partial charge in [-0.15, -0.1) is 5.10 Å². The van der Waals surface area contributed by atoms with Gasteiger partial charge in [0.1, 0.15) is 5.82 Å². The number of rotatable bonds is 4. The summed E-state index contributed by atoms with van der Waals surface area (Å²) in [7, 11) is 0. The Morgan fingerprint density at radius 3 is 2.66 bits per heavy atom. The van der Waals surface area contributed by atoms with Crippen LogP contribution < -0.4 is 4.90 Å². The first-order valence-electron chi connectivity index (χ1n) is 9.91. The minimum absolute atomic E-state index is 0.255. The fraction of sp³-hybridized carbons (Fsp3) is 0.450. The van der Waals surface area contributed by atoms with Crippen LogP contribution in [0.3, 0.4) is 0 Å². The molecule has 29 heavy (non-hydrogen) atoms. The zero-order chi connectivity index (χ0) is 20.4. The van der Waals surface area contributed by atoms with Crippen molar-refractivity contribution in [2.75, 3.05) is 37.7 Å². The Morgan fingerprint density at radius 2 is 2.00 bits per heavy atom. The Bertz CT molecular complexity index is 995. The molecule has 9 heteroatoms. The topological polar surface area (TPSA) is 88.8 Å². The number of hydrogen-bond acceptors (Lipinski definition) is 7. The molecule has 9 nitrogen and oxygen atoms in total. The fourth-order valence-electron chi connectivity index (χ4n) is 3.34. The molecule has 0 atom stereocenters. The van der Waals surface area contributed by atoms with E-state index in [4.69, 9.17) is 14.8 Å². The van der Waals surface area contributed by atoms with Crippen molar-refractivity contribution in [3.8, 4) is 11.4 Å². The van der Waals surface area contributed by atoms with Gasteiger partial charge in [0.05, 0.1) is 12.3 Å². The van der Waals surface area contributed by atoms with Gasteiger partial charge in [0.25, 0.3) is 5.78 Å². The number of aromatic nitrogens is 5. The number of carbonyl (C=O) groups is 1. The highest BCUT2D eigenvalue weighted by Gasteiger charge is 2.25. The number of ether oxygens (including phenoxy) is 1. The standard InChI is InChI=1S/C20H25N7O2/c1-4-29-20(28)26-10-8-25(9-11-26)17-12-16(14(2)3)22-19-23-18(24-27(17)19)15-6-5-7-21-13-15/h5-7,12-14H,4,8-11H2,1-3H3. The van der Waals surface area contributed by atoms with Crippen molar-refractivity contribution in [1.29, 1.82) is 0 Å². The number of fused-ring (bicyclic) bond motifs is 1. The number of nitrogens with zero attached hydrogens (tertiary/aromatic N) is 7. The molecule has 3 aromatic rings. The van der Waals surface area contributed by atoms with Crippen LogP contribution in [0.5, 0.6) is 0 Å². The summed E-state index contributed by atoms with van der Waals surface area (Å²) in [5.41, 5.74) is 1.81. The molecule has 0 radical (unpaired) electrons. The van der Waals surface area contributed by atoms with E-state index < -0.39 is 0 Å². The predicted octanol–water partition coefficient (Wildman–Crippen LogP) is 2.59. The van der Waals surface area contributed by atoms with Crippen LogP contribution in [0, 0.1) is 0 Å². The molecule has 0 unspecified atom stereocenters. The second-order valence-electron chi connectivity index (χ2n) is 7.26. The highest BCUT2D eigenvalue weighted by atomic mass is 16.6. The van der Waals surface area contributed by atoms with Crippen LogP contribution in [0.25, 0.3) is 17.2 Å². The van der Waals surface area contributed by atoms with Crippen LogP contribution in [-0.2, 0) is 4.74 Å². The van der Waals surface area contributed by atoms with E-state index in [1.165, 1.54) is 0 Å². The lowest BCUT2D eigenvalue weighted by molar-refractivity contribution is 0.105. The van der Waals surface area contributed by atoms with Crippen molar-refractivity contribution < 1.29 is 9.53 Å². The van der Waals surface area contributed by atoms with Crippen LogP contribution in [0.1, 0.15) is 32.4 Å². The molecular weight excluding hydrogens is 370 g/mol. The van der Waals surface area contributed by atoms with Gasteiger partial charge in [-0.1, -0.05) is 13.8 Å². The van der Waals surface area contributed by atoms with E-state index in [-0.39, 0.29) is 12.0 Å². The van der Waals surface area contributed by atoms with Gasteiger partial charge in [-0.3, -0.25) is 4.98 Å². The summed E-state index contributed by atoms with van der Waals surface area (Å²) in [5.74, 6) is 2.36. The van der Waals surface area contributed by atoms with Gasteiger partial charge in [0.2, 0.25) is 0 Å². The highest BCUT2D eigenvalue weighted by molar-refractivity contribution is 5.68. The Kier molecular flexibility index (Phi) is 5.28. The minimum atomic E-state index is -0.255. The third-order valence-corrected chi connectivity index (χ3v) is 4.95. The summed E-state index contributed by atoms with van der Waals surface area (Å²) >= 11 is 0. The summed E-state index contributed by atoms with van der Waals surface area (Å²) in [6, 6.07) is 5.87. The molecule has 1 aliphatic rings. The zero-order valence-electron chi connectivity index (χ0n) is 16.9. The summed E-state index contributed by atoms with van der Waals surface area (Å²) in [6.07, 6.45) is 3.22. The van der Waals surface area contributed by atoms with E-state index in [0.717, 1.165) is 17.1 Å².